The number of hydrogen-bond donors (Lipinski definition) is 1. The first-order valence-electron chi connectivity index (χ1n) is 7.20. The monoisotopic (exact) mass is 316 g/mol. The van der Waals surface area contributed by atoms with Crippen LogP contribution in [0, 0.1) is 6.92 Å². The van der Waals surface area contributed by atoms with Gasteiger partial charge in [-0.05, 0) is 30.7 Å². The Morgan fingerprint density at radius 2 is 1.83 bits per heavy atom. The minimum atomic E-state index is -1.03. The van der Waals surface area contributed by atoms with Crippen LogP contribution in [-0.4, -0.2) is 31.4 Å². The number of carboxylic acid groups (broad SMARTS) is 1. The maximum absolute atomic E-state index is 11.6. The molecule has 0 unspecified atom stereocenters. The Labute approximate surface area is 135 Å². The van der Waals surface area contributed by atoms with Gasteiger partial charge in [-0.1, -0.05) is 23.8 Å². The Morgan fingerprint density at radius 1 is 1.09 bits per heavy atom. The van der Waals surface area contributed by atoms with Gasteiger partial charge in [-0.25, -0.2) is 4.79 Å². The fraction of sp³-hybridized carbons (Fsp3) is 0.278. The summed E-state index contributed by atoms with van der Waals surface area (Å²) in [5.74, 6) is 0.676. The lowest BCUT2D eigenvalue weighted by molar-refractivity contribution is -0.145. The number of aliphatic carboxylic acids is 1. The molecule has 0 spiro atoms. The molecular weight excluding hydrogens is 296 g/mol. The van der Waals surface area contributed by atoms with Crippen molar-refractivity contribution in [1.29, 1.82) is 0 Å². The number of carbonyl (C=O) groups is 1. The maximum atomic E-state index is 11.6. The van der Waals surface area contributed by atoms with Gasteiger partial charge in [0.1, 0.15) is 17.2 Å². The Bertz CT molecular complexity index is 681. The molecule has 2 aromatic rings. The van der Waals surface area contributed by atoms with Crippen LogP contribution in [0.15, 0.2) is 42.5 Å². The van der Waals surface area contributed by atoms with E-state index < -0.39 is 12.1 Å². The molecule has 5 heteroatoms. The third-order valence-electron chi connectivity index (χ3n) is 3.44. The van der Waals surface area contributed by atoms with E-state index in [2.05, 4.69) is 0 Å². The van der Waals surface area contributed by atoms with Crippen molar-refractivity contribution in [3.8, 4) is 17.2 Å². The minimum Gasteiger partial charge on any atom is -0.497 e. The molecule has 2 aromatic carbocycles. The first-order chi connectivity index (χ1) is 11.0. The SMILES string of the molecule is COc1cccc(O[C@H](Cc2cc(C)ccc2OC)C(=O)O)c1. The van der Waals surface area contributed by atoms with E-state index in [-0.39, 0.29) is 6.42 Å². The smallest absolute Gasteiger partial charge is 0.345 e. The predicted molar refractivity (Wildman–Crippen MR) is 86.5 cm³/mol. The highest BCUT2D eigenvalue weighted by Crippen LogP contribution is 2.24. The van der Waals surface area contributed by atoms with Crippen molar-refractivity contribution in [2.75, 3.05) is 14.2 Å². The second-order valence-electron chi connectivity index (χ2n) is 5.14. The highest BCUT2D eigenvalue weighted by Gasteiger charge is 2.22. The Morgan fingerprint density at radius 3 is 2.48 bits per heavy atom. The van der Waals surface area contributed by atoms with E-state index in [9.17, 15) is 9.90 Å². The quantitative estimate of drug-likeness (QED) is 0.850. The first kappa shape index (κ1) is 16.7. The average Bonchev–Trinajstić information content (AvgIpc) is 2.54. The molecule has 0 radical (unpaired) electrons. The molecule has 122 valence electrons. The van der Waals surface area contributed by atoms with Gasteiger partial charge in [-0.2, -0.15) is 0 Å². The summed E-state index contributed by atoms with van der Waals surface area (Å²) >= 11 is 0. The van der Waals surface area contributed by atoms with E-state index >= 15 is 0 Å². The molecule has 1 atom stereocenters. The molecule has 5 nitrogen and oxygen atoms in total. The molecule has 0 bridgehead atoms. The summed E-state index contributed by atoms with van der Waals surface area (Å²) in [6.07, 6.45) is -0.810. The lowest BCUT2D eigenvalue weighted by Gasteiger charge is -2.17. The van der Waals surface area contributed by atoms with Gasteiger partial charge < -0.3 is 19.3 Å². The fourth-order valence-corrected chi connectivity index (χ4v) is 2.28. The first-order valence-corrected chi connectivity index (χ1v) is 7.20. The zero-order valence-corrected chi connectivity index (χ0v) is 13.4. The fourth-order valence-electron chi connectivity index (χ4n) is 2.28. The molecular formula is C18H20O5. The highest BCUT2D eigenvalue weighted by atomic mass is 16.5. The Kier molecular flexibility index (Phi) is 5.46. The van der Waals surface area contributed by atoms with Gasteiger partial charge in [0.05, 0.1) is 14.2 Å². The topological polar surface area (TPSA) is 65.0 Å². The van der Waals surface area contributed by atoms with Crippen LogP contribution in [0.4, 0.5) is 0 Å². The van der Waals surface area contributed by atoms with Gasteiger partial charge in [-0.15, -0.1) is 0 Å². The summed E-state index contributed by atoms with van der Waals surface area (Å²) < 4.78 is 16.0. The van der Waals surface area contributed by atoms with Crippen molar-refractivity contribution >= 4 is 5.97 Å². The summed E-state index contributed by atoms with van der Waals surface area (Å²) in [4.78, 5) is 11.6. The molecule has 1 N–H and O–H groups in total. The average molecular weight is 316 g/mol. The highest BCUT2D eigenvalue weighted by molar-refractivity contribution is 5.73. The van der Waals surface area contributed by atoms with Crippen LogP contribution < -0.4 is 14.2 Å². The number of rotatable bonds is 7. The summed E-state index contributed by atoms with van der Waals surface area (Å²) in [6, 6.07) is 12.5. The maximum Gasteiger partial charge on any atom is 0.345 e. The molecule has 0 fully saturated rings. The van der Waals surface area contributed by atoms with Crippen LogP contribution in [-0.2, 0) is 11.2 Å². The van der Waals surface area contributed by atoms with E-state index in [1.54, 1.807) is 38.5 Å². The summed E-state index contributed by atoms with van der Waals surface area (Å²) in [5, 5.41) is 9.46. The normalized spacial score (nSPS) is 11.6. The van der Waals surface area contributed by atoms with E-state index in [1.807, 2.05) is 25.1 Å². The van der Waals surface area contributed by atoms with E-state index in [0.717, 1.165) is 11.1 Å². The predicted octanol–water partition coefficient (Wildman–Crippen LogP) is 3.09. The van der Waals surface area contributed by atoms with Gasteiger partial charge in [0, 0.05) is 12.5 Å². The largest absolute Gasteiger partial charge is 0.497 e. The number of benzene rings is 2. The summed E-state index contributed by atoms with van der Waals surface area (Å²) in [5.41, 5.74) is 1.83. The number of hydrogen-bond acceptors (Lipinski definition) is 4. The lowest BCUT2D eigenvalue weighted by atomic mass is 10.0. The number of methoxy groups -OCH3 is 2. The second-order valence-corrected chi connectivity index (χ2v) is 5.14. The van der Waals surface area contributed by atoms with Crippen LogP contribution in [0.1, 0.15) is 11.1 Å². The van der Waals surface area contributed by atoms with Crippen molar-refractivity contribution in [2.45, 2.75) is 19.4 Å². The molecule has 0 aromatic heterocycles. The van der Waals surface area contributed by atoms with Crippen LogP contribution in [0.2, 0.25) is 0 Å². The van der Waals surface area contributed by atoms with Crippen molar-refractivity contribution in [1.82, 2.24) is 0 Å². The lowest BCUT2D eigenvalue weighted by Crippen LogP contribution is -2.29. The zero-order chi connectivity index (χ0) is 16.8. The van der Waals surface area contributed by atoms with Gasteiger partial charge in [0.2, 0.25) is 0 Å². The van der Waals surface area contributed by atoms with Crippen LogP contribution in [0.5, 0.6) is 17.2 Å². The van der Waals surface area contributed by atoms with Gasteiger partial charge in [0.25, 0.3) is 0 Å². The molecule has 0 amide bonds. The molecule has 0 aliphatic carbocycles. The van der Waals surface area contributed by atoms with Crippen LogP contribution >= 0.6 is 0 Å². The molecule has 23 heavy (non-hydrogen) atoms. The van der Waals surface area contributed by atoms with Crippen molar-refractivity contribution in [3.63, 3.8) is 0 Å². The van der Waals surface area contributed by atoms with Gasteiger partial charge in [-0.3, -0.25) is 0 Å². The molecule has 0 aliphatic rings. The second kappa shape index (κ2) is 7.54. The van der Waals surface area contributed by atoms with E-state index in [0.29, 0.717) is 17.2 Å². The van der Waals surface area contributed by atoms with E-state index in [1.165, 1.54) is 0 Å². The number of ether oxygens (including phenoxy) is 3. The zero-order valence-electron chi connectivity index (χ0n) is 13.4. The van der Waals surface area contributed by atoms with Crippen LogP contribution in [0.25, 0.3) is 0 Å². The third kappa shape index (κ3) is 4.39. The molecule has 0 heterocycles. The van der Waals surface area contributed by atoms with E-state index in [4.69, 9.17) is 14.2 Å². The van der Waals surface area contributed by atoms with Gasteiger partial charge >= 0.3 is 5.97 Å². The molecule has 0 saturated carbocycles. The van der Waals surface area contributed by atoms with Crippen molar-refractivity contribution in [3.05, 3.63) is 53.6 Å². The Hall–Kier alpha value is -2.69. The standard InChI is InChI=1S/C18H20O5/c1-12-7-8-16(22-3)13(9-12)10-17(18(19)20)23-15-6-4-5-14(11-15)21-2/h4-9,11,17H,10H2,1-3H3,(H,19,20)/t17-/m1/s1. The molecule has 0 aliphatic heterocycles. The third-order valence-corrected chi connectivity index (χ3v) is 3.44. The molecule has 0 saturated heterocycles. The minimum absolute atomic E-state index is 0.206. The van der Waals surface area contributed by atoms with Crippen molar-refractivity contribution in [2.24, 2.45) is 0 Å². The summed E-state index contributed by atoms with van der Waals surface area (Å²) in [7, 11) is 3.11. The number of aryl methyl sites for hydroxylation is 1. The van der Waals surface area contributed by atoms with Crippen molar-refractivity contribution < 1.29 is 24.1 Å². The van der Waals surface area contributed by atoms with Gasteiger partial charge in [0.15, 0.2) is 6.10 Å². The molecule has 2 rings (SSSR count). The number of carboxylic acids is 1. The van der Waals surface area contributed by atoms with Crippen LogP contribution in [0.3, 0.4) is 0 Å². The Balaban J connectivity index is 2.22. The summed E-state index contributed by atoms with van der Waals surface area (Å²) in [6.45, 7) is 1.95.